The smallest absolute Gasteiger partial charge is 0.421 e. The van der Waals surface area contributed by atoms with Gasteiger partial charge in [0.15, 0.2) is 0 Å². The molecule has 5 amide bonds. The topological polar surface area (TPSA) is 226 Å². The van der Waals surface area contributed by atoms with E-state index in [1.54, 1.807) is 41.5 Å². The zero-order chi connectivity index (χ0) is 39.2. The highest BCUT2D eigenvalue weighted by atomic mass is 32.3. The molecular weight excluding hydrogens is 710 g/mol. The molecule has 20 heteroatoms. The number of amides is 5. The number of hydrogen-bond donors (Lipinski definition) is 2. The fourth-order valence-corrected chi connectivity index (χ4v) is 6.51. The summed E-state index contributed by atoms with van der Waals surface area (Å²) in [6.07, 6.45) is -1.48. The third-order valence-corrected chi connectivity index (χ3v) is 9.18. The number of ether oxygens (including phenoxy) is 4. The van der Waals surface area contributed by atoms with Crippen molar-refractivity contribution in [2.75, 3.05) is 32.8 Å². The molecule has 0 spiro atoms. The minimum Gasteiger partial charge on any atom is -0.466 e. The molecule has 3 saturated heterocycles. The van der Waals surface area contributed by atoms with Crippen molar-refractivity contribution in [2.45, 2.75) is 124 Å². The van der Waals surface area contributed by atoms with Gasteiger partial charge in [-0.25, -0.2) is 23.4 Å². The van der Waals surface area contributed by atoms with E-state index in [1.807, 2.05) is 0 Å². The average molecular weight is 764 g/mol. The molecule has 3 heterocycles. The van der Waals surface area contributed by atoms with Crippen LogP contribution >= 0.6 is 0 Å². The van der Waals surface area contributed by atoms with Crippen molar-refractivity contribution in [2.24, 2.45) is 11.3 Å². The Morgan fingerprint density at radius 2 is 1.58 bits per heavy atom. The quantitative estimate of drug-likeness (QED) is 0.147. The third kappa shape index (κ3) is 11.8. The number of likely N-dealkylation sites (tertiary alicyclic amines) is 1. The van der Waals surface area contributed by atoms with Crippen molar-refractivity contribution in [3.05, 3.63) is 0 Å². The molecule has 3 rings (SSSR count). The molecule has 3 aliphatic heterocycles. The van der Waals surface area contributed by atoms with Gasteiger partial charge in [0.2, 0.25) is 12.2 Å². The lowest BCUT2D eigenvalue weighted by molar-refractivity contribution is -0.170. The van der Waals surface area contributed by atoms with Gasteiger partial charge in [0.1, 0.15) is 17.7 Å². The van der Waals surface area contributed by atoms with Gasteiger partial charge in [-0.3, -0.25) is 9.59 Å². The van der Waals surface area contributed by atoms with Crippen LogP contribution in [0.2, 0.25) is 0 Å². The van der Waals surface area contributed by atoms with E-state index in [2.05, 4.69) is 10.6 Å². The Bertz CT molecular complexity index is 1440. The molecule has 0 saturated carbocycles. The number of nitrogens with zero attached hydrogens (tertiary/aromatic N) is 3. The molecule has 0 aliphatic carbocycles. The minimum atomic E-state index is -4.74. The molecule has 0 radical (unpaired) electrons. The number of hydroxylamine groups is 2. The highest BCUT2D eigenvalue weighted by molar-refractivity contribution is 7.81. The number of piperidine rings is 2. The van der Waals surface area contributed by atoms with Gasteiger partial charge in [-0.15, -0.1) is 4.28 Å². The van der Waals surface area contributed by atoms with E-state index in [1.165, 1.54) is 30.6 Å². The number of carbonyl (C=O) groups excluding carboxylic acids is 6. The van der Waals surface area contributed by atoms with Crippen molar-refractivity contribution in [1.82, 2.24) is 25.5 Å². The third-order valence-electron chi connectivity index (χ3n) is 8.43. The molecule has 4 atom stereocenters. The van der Waals surface area contributed by atoms with Crippen LogP contribution in [0.5, 0.6) is 0 Å². The molecule has 3 fully saturated rings. The monoisotopic (exact) mass is 763 g/mol. The summed E-state index contributed by atoms with van der Waals surface area (Å²) in [6.45, 7) is 14.4. The first-order chi connectivity index (χ1) is 24.0. The summed E-state index contributed by atoms with van der Waals surface area (Å²) >= 11 is 0. The number of hydrogen-bond acceptors (Lipinski definition) is 14. The number of rotatable bonds is 14. The van der Waals surface area contributed by atoms with Crippen LogP contribution in [0.15, 0.2) is 0 Å². The lowest BCUT2D eigenvalue weighted by Gasteiger charge is -2.35. The van der Waals surface area contributed by atoms with E-state index < -0.39 is 88.5 Å². The molecule has 0 aromatic carbocycles. The Morgan fingerprint density at radius 1 is 0.942 bits per heavy atom. The van der Waals surface area contributed by atoms with E-state index in [0.717, 1.165) is 0 Å². The Hall–Kier alpha value is -3.91. The molecule has 2 N–H and O–H groups in total. The van der Waals surface area contributed by atoms with Crippen molar-refractivity contribution in [3.8, 4) is 0 Å². The SMILES string of the molecule is CCOC(=O)C(C)(C)COS(=O)(=O)ON1C(=O)N2C[C@H]1CC[C@H]2C(=O)NC1CCN(C(=O)OC(C)OC(=O)C(NC(=O)OC(C)(C)C)C(C)C)CC1. The normalized spacial score (nSPS) is 21.0. The van der Waals surface area contributed by atoms with E-state index >= 15 is 0 Å². The Morgan fingerprint density at radius 3 is 2.15 bits per heavy atom. The number of alkyl carbamates (subject to hydrolysis) is 1. The Labute approximate surface area is 304 Å². The van der Waals surface area contributed by atoms with Crippen molar-refractivity contribution in [3.63, 3.8) is 0 Å². The van der Waals surface area contributed by atoms with Crippen LogP contribution in [-0.2, 0) is 52.2 Å². The zero-order valence-electron chi connectivity index (χ0n) is 31.3. The summed E-state index contributed by atoms with van der Waals surface area (Å²) in [7, 11) is -4.74. The lowest BCUT2D eigenvalue weighted by Crippen LogP contribution is -2.54. The van der Waals surface area contributed by atoms with Gasteiger partial charge in [-0.05, 0) is 73.1 Å². The maximum Gasteiger partial charge on any atom is 0.421 e. The van der Waals surface area contributed by atoms with Crippen LogP contribution in [-0.4, -0.2) is 128 Å². The van der Waals surface area contributed by atoms with Gasteiger partial charge in [-0.2, -0.15) is 13.5 Å². The van der Waals surface area contributed by atoms with Crippen LogP contribution < -0.4 is 10.6 Å². The van der Waals surface area contributed by atoms with Gasteiger partial charge in [-0.1, -0.05) is 13.8 Å². The van der Waals surface area contributed by atoms with Crippen LogP contribution in [0.4, 0.5) is 14.4 Å². The van der Waals surface area contributed by atoms with Gasteiger partial charge < -0.3 is 39.4 Å². The van der Waals surface area contributed by atoms with Crippen molar-refractivity contribution >= 4 is 46.5 Å². The van der Waals surface area contributed by atoms with Crippen LogP contribution in [0.25, 0.3) is 0 Å². The molecule has 2 bridgehead atoms. The molecule has 52 heavy (non-hydrogen) atoms. The fourth-order valence-electron chi connectivity index (χ4n) is 5.64. The summed E-state index contributed by atoms with van der Waals surface area (Å²) in [5, 5.41) is 6.09. The van der Waals surface area contributed by atoms with Crippen LogP contribution in [0.1, 0.15) is 88.0 Å². The molecular formula is C32H53N5O14S. The largest absolute Gasteiger partial charge is 0.466 e. The van der Waals surface area contributed by atoms with Gasteiger partial charge in [0.25, 0.3) is 0 Å². The number of fused-ring (bicyclic) bond motifs is 2. The number of nitrogens with one attached hydrogen (secondary N) is 2. The predicted molar refractivity (Wildman–Crippen MR) is 180 cm³/mol. The predicted octanol–water partition coefficient (Wildman–Crippen LogP) is 2.19. The fraction of sp³-hybridized carbons (Fsp3) is 0.812. The Kier molecular flexibility index (Phi) is 14.1. The standard InChI is InChI=1S/C32H53N5O14S/c1-10-46-27(40)32(8,9)18-47-52(44,45)51-37-22-11-12-23(36(17-22)29(37)42)25(38)33-21-13-15-35(16-14-21)30(43)49-20(4)48-26(39)24(19(2)3)34-28(41)50-31(5,6)7/h19-24H,10-18H2,1-9H3,(H,33,38)(H,34,41)/t20?,22-,23+,24?/m1/s1. The van der Waals surface area contributed by atoms with E-state index in [9.17, 15) is 37.2 Å². The number of carbonyl (C=O) groups is 6. The van der Waals surface area contributed by atoms with Crippen LogP contribution in [0, 0.1) is 11.3 Å². The molecule has 2 unspecified atom stereocenters. The number of urea groups is 1. The average Bonchev–Trinajstić information content (AvgIpc) is 3.25. The molecule has 19 nitrogen and oxygen atoms in total. The van der Waals surface area contributed by atoms with Crippen LogP contribution in [0.3, 0.4) is 0 Å². The maximum atomic E-state index is 13.3. The first-order valence-electron chi connectivity index (χ1n) is 17.4. The summed E-state index contributed by atoms with van der Waals surface area (Å²) in [5.74, 6) is -2.23. The molecule has 3 aliphatic rings. The summed E-state index contributed by atoms with van der Waals surface area (Å²) in [4.78, 5) is 78.9. The zero-order valence-corrected chi connectivity index (χ0v) is 32.1. The van der Waals surface area contributed by atoms with Gasteiger partial charge in [0, 0.05) is 32.6 Å². The second-order valence-corrected chi connectivity index (χ2v) is 16.1. The number of esters is 2. The van der Waals surface area contributed by atoms with Gasteiger partial charge in [0.05, 0.1) is 24.7 Å². The van der Waals surface area contributed by atoms with Crippen molar-refractivity contribution < 1.29 is 64.6 Å². The highest BCUT2D eigenvalue weighted by Gasteiger charge is 2.50. The molecule has 0 aromatic heterocycles. The maximum absolute atomic E-state index is 13.3. The summed E-state index contributed by atoms with van der Waals surface area (Å²) < 4.78 is 55.7. The van der Waals surface area contributed by atoms with E-state index in [0.29, 0.717) is 17.9 Å². The first-order valence-corrected chi connectivity index (χ1v) is 18.7. The summed E-state index contributed by atoms with van der Waals surface area (Å²) in [5.41, 5.74) is -2.07. The highest BCUT2D eigenvalue weighted by Crippen LogP contribution is 2.32. The molecule has 296 valence electrons. The second kappa shape index (κ2) is 17.3. The second-order valence-electron chi connectivity index (χ2n) is 14.9. The van der Waals surface area contributed by atoms with E-state index in [4.69, 9.17) is 27.4 Å². The van der Waals surface area contributed by atoms with Crippen molar-refractivity contribution in [1.29, 1.82) is 0 Å². The van der Waals surface area contributed by atoms with Gasteiger partial charge >= 0.3 is 40.6 Å². The molecule has 0 aromatic rings. The lowest BCUT2D eigenvalue weighted by atomic mass is 9.95. The summed E-state index contributed by atoms with van der Waals surface area (Å²) in [6, 6.07) is -3.69. The first kappa shape index (κ1) is 42.5. The minimum absolute atomic E-state index is 0.0583. The Balaban J connectivity index is 1.45. The van der Waals surface area contributed by atoms with E-state index in [-0.39, 0.29) is 51.0 Å².